The summed E-state index contributed by atoms with van der Waals surface area (Å²) in [6.45, 7) is 3.56. The molecule has 0 fully saturated rings. The van der Waals surface area contributed by atoms with Crippen LogP contribution in [0, 0.1) is 6.92 Å². The van der Waals surface area contributed by atoms with E-state index in [0.29, 0.717) is 32.0 Å². The van der Waals surface area contributed by atoms with Crippen molar-refractivity contribution in [2.75, 3.05) is 0 Å². The molecule has 3 rings (SSSR count). The zero-order valence-electron chi connectivity index (χ0n) is 14.5. The van der Waals surface area contributed by atoms with E-state index in [2.05, 4.69) is 5.10 Å². The van der Waals surface area contributed by atoms with Crippen molar-refractivity contribution in [2.24, 2.45) is 0 Å². The predicted octanol–water partition coefficient (Wildman–Crippen LogP) is 5.06. The van der Waals surface area contributed by atoms with Crippen LogP contribution >= 0.6 is 34.8 Å². The van der Waals surface area contributed by atoms with Gasteiger partial charge in [0.25, 0.3) is 0 Å². The van der Waals surface area contributed by atoms with Gasteiger partial charge < -0.3 is 9.90 Å². The lowest BCUT2D eigenvalue weighted by Gasteiger charge is -2.11. The average molecular weight is 421 g/mol. The molecule has 0 saturated carbocycles. The quantitative estimate of drug-likeness (QED) is 0.592. The largest absolute Gasteiger partial charge is 0.543 e. The maximum Gasteiger partial charge on any atom is 0.112 e. The van der Waals surface area contributed by atoms with Gasteiger partial charge in [0.15, 0.2) is 0 Å². The van der Waals surface area contributed by atoms with Crippen LogP contribution in [0.5, 0.6) is 0 Å². The van der Waals surface area contributed by atoms with Crippen LogP contribution in [0.15, 0.2) is 42.5 Å². The average Bonchev–Trinajstić information content (AvgIpc) is 2.94. The molecule has 7 heteroatoms. The predicted molar refractivity (Wildman–Crippen MR) is 108 cm³/mol. The number of benzene rings is 2. The molecule has 0 aliphatic carbocycles. The number of carboxylic acids is 1. The van der Waals surface area contributed by atoms with Crippen molar-refractivity contribution in [2.45, 2.75) is 13.8 Å². The smallest absolute Gasteiger partial charge is 0.112 e. The molecule has 0 unspecified atom stereocenters. The fraction of sp³-hybridized carbons (Fsp3) is 0.100. The van der Waals surface area contributed by atoms with Crippen LogP contribution in [-0.4, -0.2) is 15.7 Å². The molecular formula is C20H14Cl3N2O2-. The SMILES string of the molecule is CC(=Cc1ccc(Cl)cc1)c1c(C)c(C(=O)[O-])nn1-c1ccc(Cl)cc1Cl. The Kier molecular flexibility index (Phi) is 5.61. The minimum atomic E-state index is -1.35. The number of carboxylic acid groups (broad SMARTS) is 1. The Morgan fingerprint density at radius 1 is 1.07 bits per heavy atom. The Bertz CT molecular complexity index is 1050. The zero-order valence-corrected chi connectivity index (χ0v) is 16.7. The number of halogens is 3. The van der Waals surface area contributed by atoms with Gasteiger partial charge in [0.05, 0.1) is 22.4 Å². The third kappa shape index (κ3) is 4.03. The lowest BCUT2D eigenvalue weighted by atomic mass is 10.0. The van der Waals surface area contributed by atoms with E-state index in [-0.39, 0.29) is 5.69 Å². The van der Waals surface area contributed by atoms with Crippen molar-refractivity contribution < 1.29 is 9.90 Å². The fourth-order valence-electron chi connectivity index (χ4n) is 2.86. The summed E-state index contributed by atoms with van der Waals surface area (Å²) in [6.07, 6.45) is 1.92. The van der Waals surface area contributed by atoms with E-state index in [0.717, 1.165) is 11.1 Å². The first-order chi connectivity index (χ1) is 12.8. The molecule has 0 amide bonds. The number of allylic oxidation sites excluding steroid dienone is 1. The minimum Gasteiger partial charge on any atom is -0.543 e. The molecular weight excluding hydrogens is 407 g/mol. The summed E-state index contributed by atoms with van der Waals surface area (Å²) < 4.78 is 1.50. The van der Waals surface area contributed by atoms with Crippen LogP contribution in [0.25, 0.3) is 17.3 Å². The van der Waals surface area contributed by atoms with Crippen molar-refractivity contribution in [3.05, 3.63) is 80.0 Å². The summed E-state index contributed by atoms with van der Waals surface area (Å²) in [4.78, 5) is 11.5. The molecule has 3 aromatic rings. The summed E-state index contributed by atoms with van der Waals surface area (Å²) in [5.74, 6) is -1.35. The van der Waals surface area contributed by atoms with E-state index < -0.39 is 5.97 Å². The molecule has 1 aromatic heterocycles. The number of rotatable bonds is 4. The van der Waals surface area contributed by atoms with E-state index in [9.17, 15) is 9.90 Å². The molecule has 0 atom stereocenters. The van der Waals surface area contributed by atoms with E-state index in [4.69, 9.17) is 34.8 Å². The fourth-order valence-corrected chi connectivity index (χ4v) is 3.47. The Morgan fingerprint density at radius 2 is 1.70 bits per heavy atom. The number of hydrogen-bond donors (Lipinski definition) is 0. The number of aromatic carboxylic acids is 1. The molecule has 27 heavy (non-hydrogen) atoms. The molecule has 0 aliphatic rings. The highest BCUT2D eigenvalue weighted by Crippen LogP contribution is 2.31. The highest BCUT2D eigenvalue weighted by atomic mass is 35.5. The molecule has 0 bridgehead atoms. The number of carbonyl (C=O) groups is 1. The number of aromatic nitrogens is 2. The van der Waals surface area contributed by atoms with Crippen LogP contribution in [0.3, 0.4) is 0 Å². The van der Waals surface area contributed by atoms with E-state index in [1.54, 1.807) is 37.3 Å². The topological polar surface area (TPSA) is 57.9 Å². The van der Waals surface area contributed by atoms with Crippen molar-refractivity contribution in [3.8, 4) is 5.69 Å². The number of carbonyl (C=O) groups excluding carboxylic acids is 1. The van der Waals surface area contributed by atoms with Gasteiger partial charge in [-0.3, -0.25) is 0 Å². The van der Waals surface area contributed by atoms with Gasteiger partial charge in [-0.05, 0) is 61.4 Å². The second kappa shape index (κ2) is 7.77. The lowest BCUT2D eigenvalue weighted by molar-refractivity contribution is -0.255. The van der Waals surface area contributed by atoms with Gasteiger partial charge in [0.1, 0.15) is 5.69 Å². The molecule has 1 heterocycles. The molecule has 2 aromatic carbocycles. The highest BCUT2D eigenvalue weighted by molar-refractivity contribution is 6.35. The van der Waals surface area contributed by atoms with Crippen molar-refractivity contribution >= 4 is 52.4 Å². The van der Waals surface area contributed by atoms with Crippen LogP contribution in [0.4, 0.5) is 0 Å². The molecule has 138 valence electrons. The monoisotopic (exact) mass is 419 g/mol. The van der Waals surface area contributed by atoms with Gasteiger partial charge in [-0.25, -0.2) is 4.68 Å². The lowest BCUT2D eigenvalue weighted by Crippen LogP contribution is -2.23. The first-order valence-electron chi connectivity index (χ1n) is 7.98. The van der Waals surface area contributed by atoms with Gasteiger partial charge >= 0.3 is 0 Å². The summed E-state index contributed by atoms with van der Waals surface area (Å²) in [6, 6.07) is 12.3. The highest BCUT2D eigenvalue weighted by Gasteiger charge is 2.19. The Hall–Kier alpha value is -2.27. The molecule has 4 nitrogen and oxygen atoms in total. The molecule has 0 N–H and O–H groups in total. The minimum absolute atomic E-state index is 0.139. The van der Waals surface area contributed by atoms with E-state index in [1.165, 1.54) is 4.68 Å². The van der Waals surface area contributed by atoms with Crippen LogP contribution in [0.2, 0.25) is 15.1 Å². The first kappa shape index (κ1) is 19.5. The molecule has 0 aliphatic heterocycles. The van der Waals surface area contributed by atoms with Gasteiger partial charge in [-0.15, -0.1) is 0 Å². The van der Waals surface area contributed by atoms with Crippen LogP contribution in [-0.2, 0) is 0 Å². The molecule has 0 saturated heterocycles. The zero-order chi connectivity index (χ0) is 19.7. The van der Waals surface area contributed by atoms with Crippen molar-refractivity contribution in [1.29, 1.82) is 0 Å². The number of hydrogen-bond acceptors (Lipinski definition) is 3. The molecule has 0 radical (unpaired) electrons. The van der Waals surface area contributed by atoms with Crippen LogP contribution < -0.4 is 5.11 Å². The van der Waals surface area contributed by atoms with E-state index >= 15 is 0 Å². The summed E-state index contributed by atoms with van der Waals surface area (Å²) in [5.41, 5.74) is 3.22. The Labute approximate surface area is 171 Å². The Balaban J connectivity index is 2.21. The maximum atomic E-state index is 11.5. The third-order valence-corrected chi connectivity index (χ3v) is 4.87. The molecule has 0 spiro atoms. The van der Waals surface area contributed by atoms with Gasteiger partial charge in [-0.1, -0.05) is 46.9 Å². The summed E-state index contributed by atoms with van der Waals surface area (Å²) in [5, 5.41) is 17.2. The van der Waals surface area contributed by atoms with E-state index in [1.807, 2.05) is 25.1 Å². The standard InChI is InChI=1S/C20H15Cl3N2O2/c1-11(9-13-3-5-14(21)6-4-13)19-12(2)18(20(26)27)24-25(19)17-8-7-15(22)10-16(17)23/h3-10H,1-2H3,(H,26,27)/p-1. The maximum absolute atomic E-state index is 11.5. The summed E-state index contributed by atoms with van der Waals surface area (Å²) >= 11 is 18.2. The number of nitrogens with zero attached hydrogens (tertiary/aromatic N) is 2. The van der Waals surface area contributed by atoms with Crippen LogP contribution in [0.1, 0.15) is 34.2 Å². The normalized spacial score (nSPS) is 11.7. The van der Waals surface area contributed by atoms with Crippen molar-refractivity contribution in [3.63, 3.8) is 0 Å². The van der Waals surface area contributed by atoms with Gasteiger partial charge in [0.2, 0.25) is 0 Å². The van der Waals surface area contributed by atoms with Gasteiger partial charge in [-0.2, -0.15) is 5.10 Å². The van der Waals surface area contributed by atoms with Crippen molar-refractivity contribution in [1.82, 2.24) is 9.78 Å². The Morgan fingerprint density at radius 3 is 2.30 bits per heavy atom. The summed E-state index contributed by atoms with van der Waals surface area (Å²) in [7, 11) is 0. The first-order valence-corrected chi connectivity index (χ1v) is 9.12. The second-order valence-electron chi connectivity index (χ2n) is 6.00. The third-order valence-electron chi connectivity index (χ3n) is 4.08. The second-order valence-corrected chi connectivity index (χ2v) is 7.28. The van der Waals surface area contributed by atoms with Gasteiger partial charge in [0, 0.05) is 15.6 Å².